The summed E-state index contributed by atoms with van der Waals surface area (Å²) in [6.07, 6.45) is 0. The van der Waals surface area contributed by atoms with Crippen molar-refractivity contribution < 1.29 is 0 Å². The van der Waals surface area contributed by atoms with Crippen LogP contribution in [0.15, 0.2) is 140 Å². The Morgan fingerprint density at radius 1 is 0.516 bits per heavy atom. The lowest BCUT2D eigenvalue weighted by molar-refractivity contribution is 0.590. The summed E-state index contributed by atoms with van der Waals surface area (Å²) in [5.74, 6) is 0. The molecule has 1 aliphatic carbocycles. The van der Waals surface area contributed by atoms with Gasteiger partial charge in [-0.25, -0.2) is 0 Å². The van der Waals surface area contributed by atoms with Crippen LogP contribution < -0.4 is 15.7 Å². The van der Waals surface area contributed by atoms with Gasteiger partial charge >= 0.3 is 6.85 Å². The molecule has 11 aromatic rings. The number of hydrogen-bond acceptors (Lipinski definition) is 3. The highest BCUT2D eigenvalue weighted by atomic mass is 32.1. The zero-order valence-corrected chi connectivity index (χ0v) is 39.2. The van der Waals surface area contributed by atoms with E-state index in [0.717, 1.165) is 0 Å². The zero-order valence-electron chi connectivity index (χ0n) is 37.6. The number of benzene rings is 8. The predicted molar refractivity (Wildman–Crippen MR) is 281 cm³/mol. The van der Waals surface area contributed by atoms with E-state index in [1.165, 1.54) is 135 Å². The fourth-order valence-electron chi connectivity index (χ4n) is 12.2. The number of rotatable bonds is 1. The fraction of sp³-hybridized carbons (Fsp3) is 0.186. The maximum Gasteiger partial charge on any atom is 0.333 e. The van der Waals surface area contributed by atoms with Gasteiger partial charge in [0.2, 0.25) is 0 Å². The van der Waals surface area contributed by atoms with Gasteiger partial charge in [0.25, 0.3) is 0 Å². The van der Waals surface area contributed by atoms with E-state index in [4.69, 9.17) is 0 Å². The zero-order chi connectivity index (χ0) is 43.3. The molecule has 3 aliphatic rings. The third kappa shape index (κ3) is 4.66. The molecule has 3 aromatic heterocycles. The third-order valence-electron chi connectivity index (χ3n) is 15.2. The van der Waals surface area contributed by atoms with E-state index in [9.17, 15) is 0 Å². The normalized spacial score (nSPS) is 14.9. The second-order valence-electron chi connectivity index (χ2n) is 21.3. The van der Waals surface area contributed by atoms with Crippen molar-refractivity contribution in [2.24, 2.45) is 0 Å². The molecule has 64 heavy (non-hydrogen) atoms. The van der Waals surface area contributed by atoms with Crippen molar-refractivity contribution in [3.05, 3.63) is 162 Å². The number of thiophene rings is 2. The molecule has 2 aliphatic heterocycles. The van der Waals surface area contributed by atoms with Crippen LogP contribution in [-0.4, -0.2) is 11.4 Å². The lowest BCUT2D eigenvalue weighted by Gasteiger charge is -2.44. The van der Waals surface area contributed by atoms with E-state index in [1.807, 2.05) is 22.7 Å². The highest BCUT2D eigenvalue weighted by Crippen LogP contribution is 2.60. The Bertz CT molecular complexity index is 3900. The smallest absolute Gasteiger partial charge is 0.333 e. The lowest BCUT2D eigenvalue weighted by Crippen LogP contribution is -2.61. The van der Waals surface area contributed by atoms with Crippen LogP contribution in [0.25, 0.3) is 90.1 Å². The summed E-state index contributed by atoms with van der Waals surface area (Å²) >= 11 is 3.85. The summed E-state index contributed by atoms with van der Waals surface area (Å²) in [4.78, 5) is 2.75. The first-order valence-corrected chi connectivity index (χ1v) is 24.5. The standard InChI is InChI=1S/C59H47BN2S2/c1-57(2,3)32-21-24-34(25-22-32)62-45-30-49-38(35-15-10-13-19-47(35)63-49)28-41(45)53-54-51(37-17-9-12-18-42(37)59(54,7)8)52-40-27-33(58(4,5)6)23-26-44(40)61-46-31-50-39(36-16-11-14-20-48(36)64-50)29-43(46)60(62)55(53)56(52)61/h9-31H,1-8H3. The van der Waals surface area contributed by atoms with E-state index < -0.39 is 0 Å². The lowest BCUT2D eigenvalue weighted by atomic mass is 9.43. The molecule has 2 nitrogen and oxygen atoms in total. The molecule has 308 valence electrons. The third-order valence-corrected chi connectivity index (χ3v) is 17.5. The van der Waals surface area contributed by atoms with Gasteiger partial charge in [-0.05, 0) is 115 Å². The summed E-state index contributed by atoms with van der Waals surface area (Å²) in [6, 6.07) is 54.6. The van der Waals surface area contributed by atoms with Gasteiger partial charge in [-0.2, -0.15) is 0 Å². The molecule has 0 unspecified atom stereocenters. The fourth-order valence-corrected chi connectivity index (χ4v) is 14.4. The predicted octanol–water partition coefficient (Wildman–Crippen LogP) is 15.7. The monoisotopic (exact) mass is 858 g/mol. The van der Waals surface area contributed by atoms with Crippen molar-refractivity contribution in [2.45, 2.75) is 71.6 Å². The topological polar surface area (TPSA) is 8.17 Å². The largest absolute Gasteiger partial charge is 0.376 e. The Kier molecular flexibility index (Phi) is 7.07. The SMILES string of the molecule is CC(C)(C)c1ccc(N2B3c4cc5c(cc4-n4c6ccc(C(C)(C)C)cc6c6c7c(c(c3c64)-c3cc4c(cc32)sc2ccccc24)C(C)(C)c2ccccc2-7)sc2ccccc25)cc1. The van der Waals surface area contributed by atoms with Crippen LogP contribution >= 0.6 is 22.7 Å². The van der Waals surface area contributed by atoms with Crippen LogP contribution in [0.4, 0.5) is 11.4 Å². The maximum atomic E-state index is 2.75. The minimum absolute atomic E-state index is 0.00925. The van der Waals surface area contributed by atoms with Gasteiger partial charge in [-0.15, -0.1) is 22.7 Å². The summed E-state index contributed by atoms with van der Waals surface area (Å²) in [6.45, 7) is 18.9. The molecule has 0 fully saturated rings. The van der Waals surface area contributed by atoms with Gasteiger partial charge in [0.1, 0.15) is 0 Å². The second-order valence-corrected chi connectivity index (χ2v) is 23.5. The van der Waals surface area contributed by atoms with Crippen LogP contribution in [0.2, 0.25) is 0 Å². The highest BCUT2D eigenvalue weighted by Gasteiger charge is 2.50. The van der Waals surface area contributed by atoms with Crippen LogP contribution in [0.3, 0.4) is 0 Å². The summed E-state index contributed by atoms with van der Waals surface area (Å²) in [5.41, 5.74) is 20.1. The van der Waals surface area contributed by atoms with E-state index in [1.54, 1.807) is 0 Å². The Labute approximate surface area is 382 Å². The second kappa shape index (κ2) is 12.1. The quantitative estimate of drug-likeness (QED) is 0.149. The molecular weight excluding hydrogens is 812 g/mol. The van der Waals surface area contributed by atoms with Gasteiger partial charge in [0, 0.05) is 79.2 Å². The van der Waals surface area contributed by atoms with Crippen LogP contribution in [0.5, 0.6) is 0 Å². The summed E-state index contributed by atoms with van der Waals surface area (Å²) in [5, 5.41) is 8.10. The van der Waals surface area contributed by atoms with Gasteiger partial charge in [0.15, 0.2) is 0 Å². The first-order valence-electron chi connectivity index (χ1n) is 22.9. The first kappa shape index (κ1) is 37.3. The maximum absolute atomic E-state index is 2.75. The van der Waals surface area contributed by atoms with Gasteiger partial charge in [-0.3, -0.25) is 0 Å². The Morgan fingerprint density at radius 2 is 1.12 bits per heavy atom. The van der Waals surface area contributed by atoms with Crippen molar-refractivity contribution in [2.75, 3.05) is 4.81 Å². The van der Waals surface area contributed by atoms with Gasteiger partial charge < -0.3 is 9.38 Å². The first-order chi connectivity index (χ1) is 30.8. The molecule has 0 amide bonds. The highest BCUT2D eigenvalue weighted by molar-refractivity contribution is 7.26. The molecule has 0 atom stereocenters. The average Bonchev–Trinajstić information content (AvgIpc) is 4.00. The van der Waals surface area contributed by atoms with E-state index >= 15 is 0 Å². The van der Waals surface area contributed by atoms with Crippen molar-refractivity contribution in [1.82, 2.24) is 4.57 Å². The van der Waals surface area contributed by atoms with Crippen molar-refractivity contribution >= 4 is 114 Å². The molecule has 5 heteroatoms. The van der Waals surface area contributed by atoms with Crippen LogP contribution in [-0.2, 0) is 16.2 Å². The Morgan fingerprint density at radius 3 is 1.81 bits per heavy atom. The van der Waals surface area contributed by atoms with Crippen molar-refractivity contribution in [3.8, 4) is 27.9 Å². The number of anilines is 2. The van der Waals surface area contributed by atoms with Crippen molar-refractivity contribution in [3.63, 3.8) is 0 Å². The minimum atomic E-state index is -0.250. The number of nitrogens with zero attached hydrogens (tertiary/aromatic N) is 2. The average molecular weight is 859 g/mol. The van der Waals surface area contributed by atoms with Crippen molar-refractivity contribution in [1.29, 1.82) is 0 Å². The van der Waals surface area contributed by atoms with E-state index in [2.05, 4.69) is 204 Å². The molecular formula is C59H47BN2S2. The molecule has 0 saturated carbocycles. The Balaban J connectivity index is 1.24. The molecule has 0 radical (unpaired) electrons. The molecule has 0 bridgehead atoms. The molecule has 0 N–H and O–H groups in total. The summed E-state index contributed by atoms with van der Waals surface area (Å²) in [7, 11) is 0. The molecule has 5 heterocycles. The van der Waals surface area contributed by atoms with Gasteiger partial charge in [-0.1, -0.05) is 140 Å². The number of aromatic nitrogens is 1. The number of hydrogen-bond donors (Lipinski definition) is 0. The van der Waals surface area contributed by atoms with E-state index in [-0.39, 0.29) is 23.1 Å². The molecule has 0 saturated heterocycles. The van der Waals surface area contributed by atoms with Crippen LogP contribution in [0, 0.1) is 0 Å². The minimum Gasteiger partial charge on any atom is -0.376 e. The van der Waals surface area contributed by atoms with Crippen LogP contribution in [0.1, 0.15) is 77.6 Å². The van der Waals surface area contributed by atoms with Gasteiger partial charge in [0.05, 0.1) is 11.0 Å². The summed E-state index contributed by atoms with van der Waals surface area (Å²) < 4.78 is 8.04. The molecule has 14 rings (SSSR count). The molecule has 8 aromatic carbocycles. The Hall–Kier alpha value is -6.14. The van der Waals surface area contributed by atoms with E-state index in [0.29, 0.717) is 0 Å². The molecule has 0 spiro atoms. The number of fused-ring (bicyclic) bond motifs is 19.